The van der Waals surface area contributed by atoms with Crippen LogP contribution in [-0.4, -0.2) is 24.3 Å². The fourth-order valence-corrected chi connectivity index (χ4v) is 1.77. The zero-order valence-electron chi connectivity index (χ0n) is 12.4. The van der Waals surface area contributed by atoms with E-state index in [1.807, 2.05) is 27.7 Å². The van der Waals surface area contributed by atoms with Crippen molar-refractivity contribution in [2.24, 2.45) is 0 Å². The molecule has 0 heterocycles. The number of benzene rings is 1. The summed E-state index contributed by atoms with van der Waals surface area (Å²) >= 11 is 0. The summed E-state index contributed by atoms with van der Waals surface area (Å²) in [6, 6.07) is 3.46. The number of amides is 1. The third-order valence-corrected chi connectivity index (χ3v) is 2.68. The van der Waals surface area contributed by atoms with E-state index in [0.29, 0.717) is 11.3 Å². The second-order valence-corrected chi connectivity index (χ2v) is 5.67. The second-order valence-electron chi connectivity index (χ2n) is 5.67. The number of methoxy groups -OCH3 is 1. The van der Waals surface area contributed by atoms with Crippen LogP contribution in [0.1, 0.15) is 42.3 Å². The summed E-state index contributed by atoms with van der Waals surface area (Å²) < 4.78 is 5.19. The van der Waals surface area contributed by atoms with Gasteiger partial charge in [0.05, 0.1) is 7.11 Å². The Morgan fingerprint density at radius 3 is 2.16 bits per heavy atom. The summed E-state index contributed by atoms with van der Waals surface area (Å²) in [5.41, 5.74) is 1.55. The summed E-state index contributed by atoms with van der Waals surface area (Å²) in [5.74, 6) is -0.386. The highest BCUT2D eigenvalue weighted by Gasteiger charge is 2.23. The van der Waals surface area contributed by atoms with Gasteiger partial charge in [-0.1, -0.05) is 0 Å². The molecule has 0 fully saturated rings. The van der Waals surface area contributed by atoms with E-state index in [-0.39, 0.29) is 0 Å². The number of carbonyl (C=O) groups excluding carboxylic acids is 2. The highest BCUT2D eigenvalue weighted by atomic mass is 16.5. The molecule has 0 saturated heterocycles. The van der Waals surface area contributed by atoms with E-state index in [0.717, 1.165) is 11.1 Å². The van der Waals surface area contributed by atoms with Gasteiger partial charge in [0.1, 0.15) is 5.75 Å². The maximum Gasteiger partial charge on any atom is 0.292 e. The van der Waals surface area contributed by atoms with Crippen LogP contribution in [0.4, 0.5) is 0 Å². The molecule has 0 radical (unpaired) electrons. The molecular weight excluding hydrogens is 242 g/mol. The van der Waals surface area contributed by atoms with Crippen LogP contribution in [0.25, 0.3) is 0 Å². The molecule has 0 aromatic heterocycles. The minimum Gasteiger partial charge on any atom is -0.496 e. The predicted molar refractivity (Wildman–Crippen MR) is 74.7 cm³/mol. The summed E-state index contributed by atoms with van der Waals surface area (Å²) in [4.78, 5) is 24.0. The van der Waals surface area contributed by atoms with Crippen LogP contribution in [0.5, 0.6) is 5.75 Å². The average Bonchev–Trinajstić information content (AvgIpc) is 2.28. The molecule has 4 nitrogen and oxygen atoms in total. The third-order valence-electron chi connectivity index (χ3n) is 2.68. The summed E-state index contributed by atoms with van der Waals surface area (Å²) in [5, 5.41) is 2.67. The first-order chi connectivity index (χ1) is 8.65. The Bertz CT molecular complexity index is 513. The predicted octanol–water partition coefficient (Wildman–Crippen LogP) is 2.41. The molecule has 0 atom stereocenters. The highest BCUT2D eigenvalue weighted by molar-refractivity contribution is 6.43. The highest BCUT2D eigenvalue weighted by Crippen LogP contribution is 2.23. The Morgan fingerprint density at radius 1 is 1.11 bits per heavy atom. The topological polar surface area (TPSA) is 55.4 Å². The number of rotatable bonds is 3. The van der Waals surface area contributed by atoms with Crippen molar-refractivity contribution in [3.05, 3.63) is 28.8 Å². The van der Waals surface area contributed by atoms with Crippen molar-refractivity contribution in [1.82, 2.24) is 5.32 Å². The number of ether oxygens (including phenoxy) is 1. The van der Waals surface area contributed by atoms with Gasteiger partial charge in [0.15, 0.2) is 0 Å². The second kappa shape index (κ2) is 5.43. The quantitative estimate of drug-likeness (QED) is 0.673. The molecule has 0 bridgehead atoms. The maximum absolute atomic E-state index is 12.1. The number of carbonyl (C=O) groups is 2. The number of Topliss-reactive ketones (excluding diaryl/α,β-unsaturated/α-hetero) is 1. The molecule has 104 valence electrons. The Hall–Kier alpha value is -1.84. The average molecular weight is 263 g/mol. The molecular formula is C15H21NO3. The van der Waals surface area contributed by atoms with Crippen LogP contribution in [0.15, 0.2) is 12.1 Å². The van der Waals surface area contributed by atoms with Crippen LogP contribution in [0.3, 0.4) is 0 Å². The molecule has 0 spiro atoms. The summed E-state index contributed by atoms with van der Waals surface area (Å²) in [7, 11) is 1.58. The van der Waals surface area contributed by atoms with Crippen LogP contribution in [0.2, 0.25) is 0 Å². The normalized spacial score (nSPS) is 11.1. The van der Waals surface area contributed by atoms with Crippen molar-refractivity contribution < 1.29 is 14.3 Å². The van der Waals surface area contributed by atoms with E-state index < -0.39 is 17.2 Å². The lowest BCUT2D eigenvalue weighted by molar-refractivity contribution is -0.118. The van der Waals surface area contributed by atoms with Gasteiger partial charge < -0.3 is 10.1 Å². The number of hydrogen-bond donors (Lipinski definition) is 1. The Labute approximate surface area is 114 Å². The van der Waals surface area contributed by atoms with Crippen LogP contribution in [0, 0.1) is 13.8 Å². The zero-order chi connectivity index (χ0) is 14.8. The van der Waals surface area contributed by atoms with Gasteiger partial charge in [-0.05, 0) is 57.9 Å². The Kier molecular flexibility index (Phi) is 4.35. The van der Waals surface area contributed by atoms with Gasteiger partial charge in [0.2, 0.25) is 5.78 Å². The Balaban J connectivity index is 3.07. The molecule has 19 heavy (non-hydrogen) atoms. The van der Waals surface area contributed by atoms with E-state index >= 15 is 0 Å². The molecule has 1 aromatic carbocycles. The van der Waals surface area contributed by atoms with Gasteiger partial charge in [-0.15, -0.1) is 0 Å². The monoisotopic (exact) mass is 263 g/mol. The summed E-state index contributed by atoms with van der Waals surface area (Å²) in [6.07, 6.45) is 0. The van der Waals surface area contributed by atoms with Gasteiger partial charge >= 0.3 is 0 Å². The van der Waals surface area contributed by atoms with Crippen LogP contribution >= 0.6 is 0 Å². The minimum atomic E-state index is -0.583. The van der Waals surface area contributed by atoms with Crippen molar-refractivity contribution in [2.45, 2.75) is 40.2 Å². The van der Waals surface area contributed by atoms with Gasteiger partial charge in [-0.3, -0.25) is 9.59 Å². The molecule has 4 heteroatoms. The third kappa shape index (κ3) is 3.81. The van der Waals surface area contributed by atoms with Crippen molar-refractivity contribution in [2.75, 3.05) is 7.11 Å². The largest absolute Gasteiger partial charge is 0.496 e. The SMILES string of the molecule is COc1cc(C)c(C(=O)C(=O)NC(C)(C)C)cc1C. The molecule has 1 rings (SSSR count). The van der Waals surface area contributed by atoms with Crippen molar-refractivity contribution in [3.8, 4) is 5.75 Å². The molecule has 1 N–H and O–H groups in total. The first-order valence-corrected chi connectivity index (χ1v) is 6.18. The number of hydrogen-bond acceptors (Lipinski definition) is 3. The van der Waals surface area contributed by atoms with Crippen molar-refractivity contribution in [3.63, 3.8) is 0 Å². The Morgan fingerprint density at radius 2 is 1.68 bits per heavy atom. The van der Waals surface area contributed by atoms with Crippen molar-refractivity contribution in [1.29, 1.82) is 0 Å². The lowest BCUT2D eigenvalue weighted by atomic mass is 9.99. The fourth-order valence-electron chi connectivity index (χ4n) is 1.77. The lowest BCUT2D eigenvalue weighted by Crippen LogP contribution is -2.44. The van der Waals surface area contributed by atoms with E-state index in [9.17, 15) is 9.59 Å². The van der Waals surface area contributed by atoms with Crippen molar-refractivity contribution >= 4 is 11.7 Å². The van der Waals surface area contributed by atoms with Gasteiger partial charge in [-0.25, -0.2) is 0 Å². The first-order valence-electron chi connectivity index (χ1n) is 6.18. The molecule has 0 saturated carbocycles. The first kappa shape index (κ1) is 15.2. The molecule has 0 aliphatic carbocycles. The van der Waals surface area contributed by atoms with Gasteiger partial charge in [0, 0.05) is 11.1 Å². The standard InChI is InChI=1S/C15H21NO3/c1-9-8-12(19-6)10(2)7-11(9)13(17)14(18)16-15(3,4)5/h7-8H,1-6H3,(H,16,18). The zero-order valence-corrected chi connectivity index (χ0v) is 12.4. The maximum atomic E-state index is 12.1. The number of nitrogens with one attached hydrogen (secondary N) is 1. The van der Waals surface area contributed by atoms with E-state index in [1.165, 1.54) is 0 Å². The van der Waals surface area contributed by atoms with E-state index in [1.54, 1.807) is 26.2 Å². The van der Waals surface area contributed by atoms with E-state index in [2.05, 4.69) is 5.32 Å². The minimum absolute atomic E-state index is 0.417. The van der Waals surface area contributed by atoms with Crippen LogP contribution in [-0.2, 0) is 4.79 Å². The molecule has 0 aliphatic heterocycles. The smallest absolute Gasteiger partial charge is 0.292 e. The molecule has 0 aliphatic rings. The van der Waals surface area contributed by atoms with Gasteiger partial charge in [0.25, 0.3) is 5.91 Å². The molecule has 0 unspecified atom stereocenters. The number of ketones is 1. The summed E-state index contributed by atoms with van der Waals surface area (Å²) in [6.45, 7) is 9.15. The van der Waals surface area contributed by atoms with E-state index in [4.69, 9.17) is 4.74 Å². The molecule has 1 amide bonds. The molecule has 1 aromatic rings. The fraction of sp³-hybridized carbons (Fsp3) is 0.467. The van der Waals surface area contributed by atoms with Crippen LogP contribution < -0.4 is 10.1 Å². The lowest BCUT2D eigenvalue weighted by Gasteiger charge is -2.20. The number of aryl methyl sites for hydroxylation is 2. The van der Waals surface area contributed by atoms with Gasteiger partial charge in [-0.2, -0.15) is 0 Å².